The van der Waals surface area contributed by atoms with E-state index in [9.17, 15) is 5.11 Å². The third kappa shape index (κ3) is 3.50. The van der Waals surface area contributed by atoms with Gasteiger partial charge in [-0.1, -0.05) is 24.6 Å². The number of hydrogen-bond acceptors (Lipinski definition) is 4. The topological polar surface area (TPSA) is 50.5 Å². The molecule has 1 N–H and O–H groups in total. The van der Waals surface area contributed by atoms with Gasteiger partial charge in [-0.05, 0) is 31.9 Å². The maximum Gasteiger partial charge on any atom is 0.0645 e. The molecule has 2 aliphatic rings. The molecule has 1 aliphatic carbocycles. The molecule has 4 rings (SSSR count). The van der Waals surface area contributed by atoms with Crippen LogP contribution in [-0.2, 0) is 11.3 Å². The van der Waals surface area contributed by atoms with E-state index in [2.05, 4.69) is 30.2 Å². The van der Waals surface area contributed by atoms with Crippen molar-refractivity contribution < 1.29 is 9.84 Å². The van der Waals surface area contributed by atoms with Gasteiger partial charge in [0, 0.05) is 36.8 Å². The largest absolute Gasteiger partial charge is 0.393 e. The number of aromatic nitrogens is 2. The lowest BCUT2D eigenvalue weighted by Gasteiger charge is -2.40. The Morgan fingerprint density at radius 2 is 2.08 bits per heavy atom. The molecule has 3 atom stereocenters. The summed E-state index contributed by atoms with van der Waals surface area (Å²) in [6.45, 7) is 5.37. The Balaban J connectivity index is 1.53. The number of morpholine rings is 1. The number of benzene rings is 1. The summed E-state index contributed by atoms with van der Waals surface area (Å²) in [5.41, 5.74) is 3.41. The van der Waals surface area contributed by atoms with E-state index < -0.39 is 0 Å². The monoisotopic (exact) mass is 341 g/mol. The molecule has 2 heterocycles. The van der Waals surface area contributed by atoms with Gasteiger partial charge in [0.25, 0.3) is 0 Å². The van der Waals surface area contributed by atoms with E-state index in [1.165, 1.54) is 5.56 Å². The van der Waals surface area contributed by atoms with Gasteiger partial charge in [0.05, 0.1) is 30.7 Å². The number of ether oxygens (including phenoxy) is 1. The second-order valence-corrected chi connectivity index (χ2v) is 7.29. The maximum atomic E-state index is 10.3. The van der Waals surface area contributed by atoms with Crippen LogP contribution < -0.4 is 0 Å². The normalized spacial score (nSPS) is 27.7. The van der Waals surface area contributed by atoms with Crippen molar-refractivity contribution in [1.82, 2.24) is 14.7 Å². The summed E-state index contributed by atoms with van der Waals surface area (Å²) in [7, 11) is 0. The van der Waals surface area contributed by atoms with Crippen molar-refractivity contribution in [1.29, 1.82) is 0 Å². The Morgan fingerprint density at radius 1 is 1.24 bits per heavy atom. The molecule has 2 aromatic rings. The van der Waals surface area contributed by atoms with Crippen LogP contribution in [0.25, 0.3) is 5.69 Å². The summed E-state index contributed by atoms with van der Waals surface area (Å²) in [6.07, 6.45) is 5.12. The van der Waals surface area contributed by atoms with E-state index in [-0.39, 0.29) is 6.10 Å². The molecule has 0 bridgehead atoms. The van der Waals surface area contributed by atoms with Crippen molar-refractivity contribution in [2.24, 2.45) is 5.92 Å². The molecule has 5 heteroatoms. The number of rotatable bonds is 4. The summed E-state index contributed by atoms with van der Waals surface area (Å²) >= 11 is 0. The van der Waals surface area contributed by atoms with Crippen LogP contribution in [0.5, 0.6) is 0 Å². The number of hydrogen-bond donors (Lipinski definition) is 1. The van der Waals surface area contributed by atoms with Crippen molar-refractivity contribution in [2.45, 2.75) is 44.9 Å². The molecule has 0 spiro atoms. The van der Waals surface area contributed by atoms with E-state index in [1.54, 1.807) is 0 Å². The highest BCUT2D eigenvalue weighted by Crippen LogP contribution is 2.33. The van der Waals surface area contributed by atoms with Crippen LogP contribution in [0.15, 0.2) is 36.5 Å². The van der Waals surface area contributed by atoms with E-state index in [0.29, 0.717) is 12.0 Å². The maximum absolute atomic E-state index is 10.3. The van der Waals surface area contributed by atoms with Gasteiger partial charge in [0.2, 0.25) is 0 Å². The molecular formula is C20H27N3O2. The highest BCUT2D eigenvalue weighted by Gasteiger charge is 2.37. The van der Waals surface area contributed by atoms with Crippen LogP contribution >= 0.6 is 0 Å². The van der Waals surface area contributed by atoms with E-state index in [1.807, 2.05) is 22.9 Å². The number of aliphatic hydroxyl groups excluding tert-OH is 1. The van der Waals surface area contributed by atoms with Gasteiger partial charge >= 0.3 is 0 Å². The number of aliphatic hydroxyl groups is 1. The number of para-hydroxylation sites is 1. The summed E-state index contributed by atoms with van der Waals surface area (Å²) in [5.74, 6) is 0.338. The highest BCUT2D eigenvalue weighted by atomic mass is 16.5. The zero-order chi connectivity index (χ0) is 17.2. The Morgan fingerprint density at radius 3 is 2.84 bits per heavy atom. The van der Waals surface area contributed by atoms with Crippen LogP contribution in [0.2, 0.25) is 0 Å². The summed E-state index contributed by atoms with van der Waals surface area (Å²) in [4.78, 5) is 2.49. The molecule has 1 saturated carbocycles. The van der Waals surface area contributed by atoms with Gasteiger partial charge in [0.15, 0.2) is 0 Å². The molecule has 5 nitrogen and oxygen atoms in total. The Labute approximate surface area is 149 Å². The van der Waals surface area contributed by atoms with Gasteiger partial charge < -0.3 is 9.84 Å². The molecule has 0 amide bonds. The van der Waals surface area contributed by atoms with Gasteiger partial charge in [-0.3, -0.25) is 4.90 Å². The third-order valence-corrected chi connectivity index (χ3v) is 5.70. The third-order valence-electron chi connectivity index (χ3n) is 5.70. The summed E-state index contributed by atoms with van der Waals surface area (Å²) in [5, 5.41) is 15.0. The molecule has 134 valence electrons. The van der Waals surface area contributed by atoms with E-state index >= 15 is 0 Å². The van der Waals surface area contributed by atoms with Gasteiger partial charge in [0.1, 0.15) is 0 Å². The fourth-order valence-corrected chi connectivity index (χ4v) is 4.25. The Bertz CT molecular complexity index is 700. The first kappa shape index (κ1) is 16.8. The molecule has 0 unspecified atom stereocenters. The fourth-order valence-electron chi connectivity index (χ4n) is 4.25. The quantitative estimate of drug-likeness (QED) is 0.928. The lowest BCUT2D eigenvalue weighted by molar-refractivity contribution is -0.0537. The summed E-state index contributed by atoms with van der Waals surface area (Å²) in [6, 6.07) is 10.5. The van der Waals surface area contributed by atoms with Gasteiger partial charge in [-0.2, -0.15) is 5.10 Å². The lowest BCUT2D eigenvalue weighted by Crippen LogP contribution is -2.50. The molecule has 1 aromatic carbocycles. The Kier molecular flexibility index (Phi) is 4.88. The first-order valence-electron chi connectivity index (χ1n) is 9.33. The standard InChI is InChI=1S/C20H27N3O2/c1-15-16(13-23(21-15)17-6-3-2-4-7-17)12-22-10-11-25-14-19(22)18-8-5-9-20(18)24/h2-4,6-7,13,18-20,24H,5,8-12,14H2,1H3/t18-,19+,20-/m0/s1. The minimum Gasteiger partial charge on any atom is -0.393 e. The minimum atomic E-state index is -0.178. The fraction of sp³-hybridized carbons (Fsp3) is 0.550. The van der Waals surface area contributed by atoms with E-state index in [4.69, 9.17) is 9.84 Å². The van der Waals surface area contributed by atoms with Crippen molar-refractivity contribution in [3.63, 3.8) is 0 Å². The second-order valence-electron chi connectivity index (χ2n) is 7.29. The lowest BCUT2D eigenvalue weighted by atomic mass is 9.94. The highest BCUT2D eigenvalue weighted by molar-refractivity contribution is 5.32. The Hall–Kier alpha value is -1.69. The van der Waals surface area contributed by atoms with Crippen molar-refractivity contribution in [3.05, 3.63) is 47.8 Å². The van der Waals surface area contributed by atoms with Gasteiger partial charge in [-0.15, -0.1) is 0 Å². The number of nitrogens with zero attached hydrogens (tertiary/aromatic N) is 3. The van der Waals surface area contributed by atoms with Crippen molar-refractivity contribution in [3.8, 4) is 5.69 Å². The van der Waals surface area contributed by atoms with Crippen LogP contribution in [0.1, 0.15) is 30.5 Å². The minimum absolute atomic E-state index is 0.178. The van der Waals surface area contributed by atoms with Crippen LogP contribution in [0.4, 0.5) is 0 Å². The van der Waals surface area contributed by atoms with Crippen molar-refractivity contribution in [2.75, 3.05) is 19.8 Å². The second kappa shape index (κ2) is 7.28. The molecule has 1 aliphatic heterocycles. The molecule has 1 saturated heterocycles. The average Bonchev–Trinajstić information content (AvgIpc) is 3.22. The predicted octanol–water partition coefficient (Wildman–Crippen LogP) is 2.54. The van der Waals surface area contributed by atoms with Gasteiger partial charge in [-0.25, -0.2) is 4.68 Å². The van der Waals surface area contributed by atoms with Crippen molar-refractivity contribution >= 4 is 0 Å². The first-order valence-corrected chi connectivity index (χ1v) is 9.33. The smallest absolute Gasteiger partial charge is 0.0645 e. The van der Waals surface area contributed by atoms with Crippen LogP contribution in [0, 0.1) is 12.8 Å². The zero-order valence-corrected chi connectivity index (χ0v) is 14.8. The molecule has 0 radical (unpaired) electrons. The first-order chi connectivity index (χ1) is 12.2. The van der Waals surface area contributed by atoms with E-state index in [0.717, 1.165) is 56.9 Å². The molecule has 1 aromatic heterocycles. The van der Waals surface area contributed by atoms with Crippen LogP contribution in [0.3, 0.4) is 0 Å². The SMILES string of the molecule is Cc1nn(-c2ccccc2)cc1CN1CCOC[C@@H]1[C@@H]1CCC[C@@H]1O. The number of aryl methyl sites for hydroxylation is 1. The molecule has 2 fully saturated rings. The summed E-state index contributed by atoms with van der Waals surface area (Å²) < 4.78 is 7.70. The molecular weight excluding hydrogens is 314 g/mol. The predicted molar refractivity (Wildman–Crippen MR) is 96.7 cm³/mol. The zero-order valence-electron chi connectivity index (χ0n) is 14.8. The molecule has 25 heavy (non-hydrogen) atoms. The van der Waals surface area contributed by atoms with Crippen LogP contribution in [-0.4, -0.2) is 51.7 Å². The average molecular weight is 341 g/mol.